The lowest BCUT2D eigenvalue weighted by Gasteiger charge is -2.38. The number of likely N-dealkylation sites (tertiary alicyclic amines) is 1. The topological polar surface area (TPSA) is 45.2 Å². The lowest BCUT2D eigenvalue weighted by atomic mass is 9.84. The van der Waals surface area contributed by atoms with Gasteiger partial charge in [-0.15, -0.1) is 0 Å². The molecule has 2 aliphatic heterocycles. The van der Waals surface area contributed by atoms with Crippen molar-refractivity contribution in [2.24, 2.45) is 0 Å². The zero-order chi connectivity index (χ0) is 15.7. The van der Waals surface area contributed by atoms with Gasteiger partial charge in [0.2, 0.25) is 0 Å². The Hall–Kier alpha value is -2.62. The number of carbonyl (C=O) groups is 1. The van der Waals surface area contributed by atoms with E-state index in [9.17, 15) is 4.79 Å². The van der Waals surface area contributed by atoms with Crippen molar-refractivity contribution in [3.8, 4) is 0 Å². The van der Waals surface area contributed by atoms with Gasteiger partial charge in [0.1, 0.15) is 0 Å². The maximum absolute atomic E-state index is 13.3. The Labute approximate surface area is 135 Å². The van der Waals surface area contributed by atoms with Crippen LogP contribution in [0.15, 0.2) is 54.9 Å². The Morgan fingerprint density at radius 3 is 2.70 bits per heavy atom. The van der Waals surface area contributed by atoms with Crippen LogP contribution >= 0.6 is 0 Å². The summed E-state index contributed by atoms with van der Waals surface area (Å²) >= 11 is 0. The predicted octanol–water partition coefficient (Wildman–Crippen LogP) is 3.04. The van der Waals surface area contributed by atoms with Crippen LogP contribution in [-0.4, -0.2) is 28.9 Å². The Morgan fingerprint density at radius 2 is 1.91 bits per heavy atom. The summed E-state index contributed by atoms with van der Waals surface area (Å²) in [4.78, 5) is 19.5. The third-order valence-electron chi connectivity index (χ3n) is 4.66. The minimum absolute atomic E-state index is 0.125. The highest BCUT2D eigenvalue weighted by molar-refractivity contribution is 5.96. The van der Waals surface area contributed by atoms with E-state index in [1.165, 1.54) is 0 Å². The normalized spacial score (nSPS) is 22.5. The fraction of sp³-hybridized carbons (Fsp3) is 0.263. The molecule has 1 aromatic heterocycles. The summed E-state index contributed by atoms with van der Waals surface area (Å²) < 4.78 is 0. The van der Waals surface area contributed by atoms with Crippen molar-refractivity contribution in [3.63, 3.8) is 0 Å². The second kappa shape index (κ2) is 5.54. The molecule has 0 aliphatic carbocycles. The first-order chi connectivity index (χ1) is 11.3. The summed E-state index contributed by atoms with van der Waals surface area (Å²) in [6.45, 7) is 1.68. The van der Waals surface area contributed by atoms with Crippen molar-refractivity contribution in [3.05, 3.63) is 66.0 Å². The van der Waals surface area contributed by atoms with Crippen molar-refractivity contribution >= 4 is 17.7 Å². The monoisotopic (exact) mass is 305 g/mol. The Balaban J connectivity index is 1.82. The summed E-state index contributed by atoms with van der Waals surface area (Å²) in [5.74, 6) is 0.125. The van der Waals surface area contributed by atoms with E-state index in [1.54, 1.807) is 6.20 Å². The fourth-order valence-electron chi connectivity index (χ4n) is 3.41. The molecular formula is C19H19N3O. The molecule has 4 nitrogen and oxygen atoms in total. The molecular weight excluding hydrogens is 286 g/mol. The van der Waals surface area contributed by atoms with Crippen LogP contribution in [0.25, 0.3) is 6.08 Å². The van der Waals surface area contributed by atoms with Crippen LogP contribution in [0.4, 0.5) is 5.69 Å². The molecule has 1 aromatic carbocycles. The largest absolute Gasteiger partial charge is 0.364 e. The van der Waals surface area contributed by atoms with E-state index in [0.29, 0.717) is 0 Å². The number of nitrogens with zero attached hydrogens (tertiary/aromatic N) is 2. The average molecular weight is 305 g/mol. The lowest BCUT2D eigenvalue weighted by Crippen LogP contribution is -2.50. The van der Waals surface area contributed by atoms with Gasteiger partial charge in [0.15, 0.2) is 5.54 Å². The van der Waals surface area contributed by atoms with Crippen LogP contribution in [0.5, 0.6) is 0 Å². The highest BCUT2D eigenvalue weighted by atomic mass is 16.2. The van der Waals surface area contributed by atoms with E-state index in [2.05, 4.69) is 10.3 Å². The molecule has 1 saturated heterocycles. The van der Waals surface area contributed by atoms with Crippen LogP contribution in [0.3, 0.4) is 0 Å². The SMILES string of the molecule is O=C(N1CCCC1)C1(c2ccccc2)C=Cc2cnccc2N1. The van der Waals surface area contributed by atoms with E-state index in [0.717, 1.165) is 42.7 Å². The number of benzene rings is 1. The summed E-state index contributed by atoms with van der Waals surface area (Å²) in [5, 5.41) is 3.49. The van der Waals surface area contributed by atoms with Gasteiger partial charge in [-0.25, -0.2) is 0 Å². The highest BCUT2D eigenvalue weighted by Crippen LogP contribution is 2.37. The zero-order valence-corrected chi connectivity index (χ0v) is 12.9. The number of carbonyl (C=O) groups excluding carboxylic acids is 1. The van der Waals surface area contributed by atoms with Crippen LogP contribution in [-0.2, 0) is 10.3 Å². The number of hydrogen-bond donors (Lipinski definition) is 1. The predicted molar refractivity (Wildman–Crippen MR) is 90.8 cm³/mol. The smallest absolute Gasteiger partial charge is 0.257 e. The van der Waals surface area contributed by atoms with Gasteiger partial charge in [0.25, 0.3) is 5.91 Å². The standard InChI is InChI=1S/C19H19N3O/c23-18(22-12-4-5-13-22)19(16-6-2-1-3-7-16)10-8-15-14-20-11-9-17(15)21-19/h1-3,6-11,14,21H,4-5,12-13H2. The van der Waals surface area contributed by atoms with Gasteiger partial charge in [-0.2, -0.15) is 0 Å². The zero-order valence-electron chi connectivity index (χ0n) is 12.9. The number of nitrogens with one attached hydrogen (secondary N) is 1. The first kappa shape index (κ1) is 14.0. The van der Waals surface area contributed by atoms with Gasteiger partial charge in [0.05, 0.1) is 0 Å². The molecule has 0 bridgehead atoms. The first-order valence-corrected chi connectivity index (χ1v) is 8.06. The molecule has 23 heavy (non-hydrogen) atoms. The molecule has 2 aliphatic rings. The maximum Gasteiger partial charge on any atom is 0.257 e. The molecule has 1 N–H and O–H groups in total. The number of fused-ring (bicyclic) bond motifs is 1. The van der Waals surface area contributed by atoms with Gasteiger partial charge in [0, 0.05) is 36.7 Å². The molecule has 3 heterocycles. The summed E-state index contributed by atoms with van der Waals surface area (Å²) in [6.07, 6.45) is 9.71. The maximum atomic E-state index is 13.3. The number of pyridine rings is 1. The molecule has 2 aromatic rings. The number of anilines is 1. The molecule has 4 rings (SSSR count). The third kappa shape index (κ3) is 2.31. The van der Waals surface area contributed by atoms with Gasteiger partial charge >= 0.3 is 0 Å². The average Bonchev–Trinajstić information content (AvgIpc) is 3.16. The first-order valence-electron chi connectivity index (χ1n) is 8.06. The summed E-state index contributed by atoms with van der Waals surface area (Å²) in [7, 11) is 0. The third-order valence-corrected chi connectivity index (χ3v) is 4.66. The van der Waals surface area contributed by atoms with Crippen molar-refractivity contribution in [2.75, 3.05) is 18.4 Å². The van der Waals surface area contributed by atoms with Gasteiger partial charge in [-0.1, -0.05) is 36.4 Å². The van der Waals surface area contributed by atoms with Crippen LogP contribution in [0, 0.1) is 0 Å². The molecule has 0 saturated carbocycles. The number of rotatable bonds is 2. The quantitative estimate of drug-likeness (QED) is 0.927. The van der Waals surface area contributed by atoms with E-state index < -0.39 is 5.54 Å². The number of hydrogen-bond acceptors (Lipinski definition) is 3. The molecule has 1 unspecified atom stereocenters. The Kier molecular flexibility index (Phi) is 3.37. The summed E-state index contributed by atoms with van der Waals surface area (Å²) in [6, 6.07) is 11.9. The molecule has 116 valence electrons. The van der Waals surface area contributed by atoms with Gasteiger partial charge in [-0.05, 0) is 30.5 Å². The van der Waals surface area contributed by atoms with Crippen LogP contribution in [0.1, 0.15) is 24.0 Å². The molecule has 0 radical (unpaired) electrons. The van der Waals surface area contributed by atoms with E-state index >= 15 is 0 Å². The molecule has 1 atom stereocenters. The van der Waals surface area contributed by atoms with Crippen molar-refractivity contribution in [2.45, 2.75) is 18.4 Å². The minimum atomic E-state index is -0.833. The Morgan fingerprint density at radius 1 is 1.13 bits per heavy atom. The molecule has 0 spiro atoms. The second-order valence-electron chi connectivity index (χ2n) is 6.09. The number of aromatic nitrogens is 1. The molecule has 1 fully saturated rings. The molecule has 1 amide bonds. The minimum Gasteiger partial charge on any atom is -0.364 e. The number of amides is 1. The van der Waals surface area contributed by atoms with Crippen molar-refractivity contribution < 1.29 is 4.79 Å². The fourth-order valence-corrected chi connectivity index (χ4v) is 3.41. The van der Waals surface area contributed by atoms with Crippen LogP contribution < -0.4 is 5.32 Å². The van der Waals surface area contributed by atoms with E-state index in [-0.39, 0.29) is 5.91 Å². The lowest BCUT2D eigenvalue weighted by molar-refractivity contribution is -0.133. The van der Waals surface area contributed by atoms with Crippen molar-refractivity contribution in [1.82, 2.24) is 9.88 Å². The van der Waals surface area contributed by atoms with Crippen molar-refractivity contribution in [1.29, 1.82) is 0 Å². The Bertz CT molecular complexity index is 750. The molecule has 4 heteroatoms. The van der Waals surface area contributed by atoms with E-state index in [4.69, 9.17) is 0 Å². The van der Waals surface area contributed by atoms with Gasteiger partial charge < -0.3 is 10.2 Å². The summed E-state index contributed by atoms with van der Waals surface area (Å²) in [5.41, 5.74) is 2.09. The second-order valence-corrected chi connectivity index (χ2v) is 6.09. The highest BCUT2D eigenvalue weighted by Gasteiger charge is 2.43. The van der Waals surface area contributed by atoms with Crippen LogP contribution in [0.2, 0.25) is 0 Å². The van der Waals surface area contributed by atoms with Gasteiger partial charge in [-0.3, -0.25) is 9.78 Å². The van der Waals surface area contributed by atoms with E-state index in [1.807, 2.05) is 59.6 Å².